The topological polar surface area (TPSA) is 56.0 Å². The Morgan fingerprint density at radius 3 is 2.55 bits per heavy atom. The number of amides is 1. The molecule has 0 fully saturated rings. The quantitative estimate of drug-likeness (QED) is 0.235. The first-order chi connectivity index (χ1) is 19.2. The van der Waals surface area contributed by atoms with Gasteiger partial charge in [-0.3, -0.25) is 9.48 Å². The largest absolute Gasteiger partial charge is 0.435 e. The lowest BCUT2D eigenvalue weighted by atomic mass is 9.88. The zero-order chi connectivity index (χ0) is 28.0. The maximum absolute atomic E-state index is 14.0. The Balaban J connectivity index is 1.40. The molecule has 4 heterocycles. The second-order valence-electron chi connectivity index (χ2n) is 10.0. The minimum atomic E-state index is -4.63. The van der Waals surface area contributed by atoms with Crippen LogP contribution in [0.5, 0.6) is 0 Å². The molecule has 0 saturated carbocycles. The third-order valence-electron chi connectivity index (χ3n) is 7.28. The SMILES string of the molecule is Cc1nccn1Cc1cc2c(c(-c3cn(C)nc3C(F)(F)F)c1)CCN(Cc1cccc(-c3ccsc3)c1)C2=O. The van der Waals surface area contributed by atoms with Gasteiger partial charge in [0.1, 0.15) is 5.82 Å². The zero-order valence-corrected chi connectivity index (χ0v) is 22.8. The molecule has 10 heteroatoms. The molecule has 5 aromatic rings. The summed E-state index contributed by atoms with van der Waals surface area (Å²) in [6.45, 7) is 3.06. The molecule has 6 nitrogen and oxygen atoms in total. The standard InChI is InChI=1S/C30H26F3N5OS/c1-19-34-8-10-37(19)16-21-13-25(27-17-36(2)35-28(27)30(31,32)33)24-6-9-38(29(39)26(24)14-21)15-20-4-3-5-22(12-20)23-7-11-40-18-23/h3-5,7-8,10-14,17-18H,6,9,15-16H2,1-2H3. The number of fused-ring (bicyclic) bond motifs is 1. The summed E-state index contributed by atoms with van der Waals surface area (Å²) in [6.07, 6.45) is 0.691. The molecule has 0 radical (unpaired) electrons. The highest BCUT2D eigenvalue weighted by molar-refractivity contribution is 7.08. The van der Waals surface area contributed by atoms with Gasteiger partial charge in [-0.2, -0.15) is 29.6 Å². The van der Waals surface area contributed by atoms with Crippen LogP contribution in [0.3, 0.4) is 0 Å². The number of hydrogen-bond acceptors (Lipinski definition) is 4. The number of nitrogens with zero attached hydrogens (tertiary/aromatic N) is 5. The van der Waals surface area contributed by atoms with Crippen LogP contribution in [0.25, 0.3) is 22.3 Å². The number of carbonyl (C=O) groups excluding carboxylic acids is 1. The maximum atomic E-state index is 14.0. The van der Waals surface area contributed by atoms with Gasteiger partial charge in [-0.05, 0) is 81.8 Å². The van der Waals surface area contributed by atoms with Crippen LogP contribution >= 0.6 is 11.3 Å². The average molecular weight is 562 g/mol. The lowest BCUT2D eigenvalue weighted by Crippen LogP contribution is -2.37. The summed E-state index contributed by atoms with van der Waals surface area (Å²) in [5.41, 5.74) is 4.43. The zero-order valence-electron chi connectivity index (χ0n) is 21.9. The van der Waals surface area contributed by atoms with Gasteiger partial charge in [0, 0.05) is 56.4 Å². The molecule has 40 heavy (non-hydrogen) atoms. The van der Waals surface area contributed by atoms with Crippen LogP contribution in [-0.4, -0.2) is 36.7 Å². The van der Waals surface area contributed by atoms with Crippen LogP contribution in [0.2, 0.25) is 0 Å². The van der Waals surface area contributed by atoms with Crippen molar-refractivity contribution in [3.8, 4) is 22.3 Å². The van der Waals surface area contributed by atoms with Gasteiger partial charge >= 0.3 is 6.18 Å². The van der Waals surface area contributed by atoms with E-state index >= 15 is 0 Å². The fourth-order valence-corrected chi connectivity index (χ4v) is 6.02. The summed E-state index contributed by atoms with van der Waals surface area (Å²) in [4.78, 5) is 19.9. The third kappa shape index (κ3) is 4.95. The van der Waals surface area contributed by atoms with Crippen LogP contribution in [0.15, 0.2) is 71.8 Å². The number of benzene rings is 2. The summed E-state index contributed by atoms with van der Waals surface area (Å²) in [5, 5.41) is 7.84. The number of hydrogen-bond donors (Lipinski definition) is 0. The van der Waals surface area contributed by atoms with Gasteiger partial charge in [-0.15, -0.1) is 0 Å². The smallest absolute Gasteiger partial charge is 0.334 e. The van der Waals surface area contributed by atoms with Crippen molar-refractivity contribution in [3.05, 3.63) is 106 Å². The molecule has 1 amide bonds. The summed E-state index contributed by atoms with van der Waals surface area (Å²) >= 11 is 1.63. The van der Waals surface area contributed by atoms with Crippen LogP contribution < -0.4 is 0 Å². The molecule has 6 rings (SSSR count). The Morgan fingerprint density at radius 1 is 1.00 bits per heavy atom. The highest BCUT2D eigenvalue weighted by Crippen LogP contribution is 2.40. The molecule has 204 valence electrons. The highest BCUT2D eigenvalue weighted by atomic mass is 32.1. The minimum absolute atomic E-state index is 0.0137. The maximum Gasteiger partial charge on any atom is 0.435 e. The van der Waals surface area contributed by atoms with Crippen LogP contribution in [0.1, 0.15) is 38.6 Å². The van der Waals surface area contributed by atoms with Crippen molar-refractivity contribution < 1.29 is 18.0 Å². The van der Waals surface area contributed by atoms with Crippen LogP contribution in [-0.2, 0) is 32.7 Å². The van der Waals surface area contributed by atoms with E-state index < -0.39 is 11.9 Å². The molecule has 1 aliphatic rings. The number of carbonyl (C=O) groups is 1. The Bertz CT molecular complexity index is 1700. The molecule has 0 spiro atoms. The van der Waals surface area contributed by atoms with Crippen molar-refractivity contribution in [2.24, 2.45) is 7.05 Å². The highest BCUT2D eigenvalue weighted by Gasteiger charge is 2.39. The average Bonchev–Trinajstić information content (AvgIpc) is 3.68. The second kappa shape index (κ2) is 10.1. The molecule has 0 bridgehead atoms. The Labute approximate surface area is 233 Å². The van der Waals surface area contributed by atoms with Crippen LogP contribution in [0.4, 0.5) is 13.2 Å². The number of aromatic nitrogens is 4. The van der Waals surface area contributed by atoms with Crippen molar-refractivity contribution in [2.75, 3.05) is 6.54 Å². The fraction of sp³-hybridized carbons (Fsp3) is 0.233. The first-order valence-corrected chi connectivity index (χ1v) is 13.8. The van der Waals surface area contributed by atoms with E-state index in [1.165, 1.54) is 17.9 Å². The molecule has 3 aromatic heterocycles. The van der Waals surface area contributed by atoms with Crippen molar-refractivity contribution in [2.45, 2.75) is 32.6 Å². The van der Waals surface area contributed by atoms with E-state index in [2.05, 4.69) is 27.6 Å². The van der Waals surface area contributed by atoms with Crippen LogP contribution in [0, 0.1) is 6.92 Å². The summed E-state index contributed by atoms with van der Waals surface area (Å²) < 4.78 is 45.1. The first kappa shape index (κ1) is 26.1. The minimum Gasteiger partial charge on any atom is -0.334 e. The molecule has 1 aliphatic heterocycles. The first-order valence-electron chi connectivity index (χ1n) is 12.8. The number of rotatable bonds is 6. The van der Waals surface area contributed by atoms with Gasteiger partial charge in [-0.1, -0.05) is 18.2 Å². The van der Waals surface area contributed by atoms with E-state index in [4.69, 9.17) is 0 Å². The van der Waals surface area contributed by atoms with Crippen molar-refractivity contribution in [3.63, 3.8) is 0 Å². The molecule has 0 saturated heterocycles. The summed E-state index contributed by atoms with van der Waals surface area (Å²) in [6, 6.07) is 13.7. The number of halogens is 3. The van der Waals surface area contributed by atoms with Crippen molar-refractivity contribution in [1.29, 1.82) is 0 Å². The molecule has 0 N–H and O–H groups in total. The number of aryl methyl sites for hydroxylation is 2. The van der Waals surface area contributed by atoms with Gasteiger partial charge in [0.15, 0.2) is 5.69 Å². The van der Waals surface area contributed by atoms with Crippen molar-refractivity contribution in [1.82, 2.24) is 24.2 Å². The normalized spacial score (nSPS) is 13.6. The van der Waals surface area contributed by atoms with Gasteiger partial charge in [0.2, 0.25) is 0 Å². The Kier molecular flexibility index (Phi) is 6.58. The van der Waals surface area contributed by atoms with Gasteiger partial charge in [0.25, 0.3) is 5.91 Å². The van der Waals surface area contributed by atoms with Crippen molar-refractivity contribution >= 4 is 17.2 Å². The predicted octanol–water partition coefficient (Wildman–Crippen LogP) is 6.59. The molecule has 0 aliphatic carbocycles. The monoisotopic (exact) mass is 561 g/mol. The molecule has 2 aromatic carbocycles. The number of alkyl halides is 3. The number of imidazole rings is 1. The van der Waals surface area contributed by atoms with Gasteiger partial charge < -0.3 is 9.47 Å². The fourth-order valence-electron chi connectivity index (χ4n) is 5.35. The third-order valence-corrected chi connectivity index (χ3v) is 7.96. The summed E-state index contributed by atoms with van der Waals surface area (Å²) in [7, 11) is 1.47. The predicted molar refractivity (Wildman–Crippen MR) is 148 cm³/mol. The van der Waals surface area contributed by atoms with Gasteiger partial charge in [-0.25, -0.2) is 4.98 Å². The molecule has 0 atom stereocenters. The van der Waals surface area contributed by atoms with E-state index in [-0.39, 0.29) is 11.5 Å². The van der Waals surface area contributed by atoms with E-state index in [1.54, 1.807) is 28.5 Å². The Morgan fingerprint density at radius 2 is 1.82 bits per heavy atom. The summed E-state index contributed by atoms with van der Waals surface area (Å²) in [5.74, 6) is 0.583. The number of thiophene rings is 1. The van der Waals surface area contributed by atoms with Gasteiger partial charge in [0.05, 0.1) is 0 Å². The molecule has 0 unspecified atom stereocenters. The molecular weight excluding hydrogens is 535 g/mol. The second-order valence-corrected chi connectivity index (χ2v) is 10.8. The lowest BCUT2D eigenvalue weighted by Gasteiger charge is -2.31. The Hall–Kier alpha value is -4.18. The lowest BCUT2D eigenvalue weighted by molar-refractivity contribution is -0.140. The van der Waals surface area contributed by atoms with E-state index in [0.29, 0.717) is 42.7 Å². The van der Waals surface area contributed by atoms with E-state index in [9.17, 15) is 18.0 Å². The van der Waals surface area contributed by atoms with E-state index in [1.807, 2.05) is 47.3 Å². The van der Waals surface area contributed by atoms with E-state index in [0.717, 1.165) is 28.1 Å². The molecular formula is C30H26F3N5OS.